The van der Waals surface area contributed by atoms with Crippen LogP contribution in [0.3, 0.4) is 0 Å². The van der Waals surface area contributed by atoms with Crippen LogP contribution in [0.25, 0.3) is 0 Å². The van der Waals surface area contributed by atoms with Crippen molar-refractivity contribution < 1.29 is 18.8 Å². The first-order valence-electron chi connectivity index (χ1n) is 9.41. The second kappa shape index (κ2) is 8.62. The van der Waals surface area contributed by atoms with E-state index < -0.39 is 0 Å². The Bertz CT molecular complexity index is 624. The third-order valence-corrected chi connectivity index (χ3v) is 5.35. The van der Waals surface area contributed by atoms with Crippen molar-refractivity contribution in [2.24, 2.45) is 11.8 Å². The second-order valence-electron chi connectivity index (χ2n) is 7.32. The summed E-state index contributed by atoms with van der Waals surface area (Å²) in [6.45, 7) is 4.67. The highest BCUT2D eigenvalue weighted by molar-refractivity contribution is 5.82. The van der Waals surface area contributed by atoms with Crippen LogP contribution in [-0.2, 0) is 20.7 Å². The molecule has 2 aliphatic rings. The number of amides is 2. The Balaban J connectivity index is 1.47. The summed E-state index contributed by atoms with van der Waals surface area (Å²) in [6.07, 6.45) is 4.42. The van der Waals surface area contributed by atoms with E-state index in [4.69, 9.17) is 9.26 Å². The summed E-state index contributed by atoms with van der Waals surface area (Å²) in [5.74, 6) is 1.90. The molecular weight excluding hydrogens is 336 g/mol. The van der Waals surface area contributed by atoms with Crippen LogP contribution in [0.1, 0.15) is 37.4 Å². The van der Waals surface area contributed by atoms with E-state index in [1.54, 1.807) is 4.90 Å². The SMILES string of the molecule is COCC(=O)N1CCC[C@H](C(=O)N2CCC(Cc3nc(C)no3)CC2)C1. The Labute approximate surface area is 153 Å². The topological polar surface area (TPSA) is 88.8 Å². The standard InChI is InChI=1S/C18H28N4O4/c1-13-19-16(26-20-13)10-14-5-8-21(9-6-14)18(24)15-4-3-7-22(11-15)17(23)12-25-2/h14-15H,3-12H2,1-2H3/t15-/m0/s1. The predicted molar refractivity (Wildman–Crippen MR) is 93.2 cm³/mol. The van der Waals surface area contributed by atoms with E-state index in [2.05, 4.69) is 10.1 Å². The molecule has 144 valence electrons. The molecule has 1 aromatic heterocycles. The van der Waals surface area contributed by atoms with Crippen molar-refractivity contribution in [1.29, 1.82) is 0 Å². The maximum absolute atomic E-state index is 12.9. The van der Waals surface area contributed by atoms with E-state index >= 15 is 0 Å². The van der Waals surface area contributed by atoms with Gasteiger partial charge >= 0.3 is 0 Å². The lowest BCUT2D eigenvalue weighted by Gasteiger charge is -2.37. The van der Waals surface area contributed by atoms with Crippen molar-refractivity contribution >= 4 is 11.8 Å². The number of ether oxygens (including phenoxy) is 1. The van der Waals surface area contributed by atoms with Crippen molar-refractivity contribution in [1.82, 2.24) is 19.9 Å². The third-order valence-electron chi connectivity index (χ3n) is 5.35. The summed E-state index contributed by atoms with van der Waals surface area (Å²) in [5, 5.41) is 3.83. The first kappa shape index (κ1) is 18.8. The Hall–Kier alpha value is -1.96. The fourth-order valence-corrected chi connectivity index (χ4v) is 3.91. The van der Waals surface area contributed by atoms with Crippen molar-refractivity contribution in [3.8, 4) is 0 Å². The maximum atomic E-state index is 12.9. The lowest BCUT2D eigenvalue weighted by atomic mass is 9.91. The van der Waals surface area contributed by atoms with Gasteiger partial charge in [-0.05, 0) is 38.5 Å². The molecule has 3 heterocycles. The Morgan fingerprint density at radius 3 is 2.62 bits per heavy atom. The minimum atomic E-state index is -0.0836. The van der Waals surface area contributed by atoms with E-state index in [0.29, 0.717) is 24.2 Å². The Morgan fingerprint density at radius 2 is 1.96 bits per heavy atom. The van der Waals surface area contributed by atoms with Crippen LogP contribution in [0.15, 0.2) is 4.52 Å². The molecule has 0 aliphatic carbocycles. The molecule has 3 rings (SSSR count). The van der Waals surface area contributed by atoms with Crippen molar-refractivity contribution in [2.75, 3.05) is 39.9 Å². The highest BCUT2D eigenvalue weighted by Crippen LogP contribution is 2.25. The average Bonchev–Trinajstić information content (AvgIpc) is 3.07. The summed E-state index contributed by atoms with van der Waals surface area (Å²) in [6, 6.07) is 0. The van der Waals surface area contributed by atoms with Crippen LogP contribution in [-0.4, -0.2) is 71.7 Å². The van der Waals surface area contributed by atoms with Gasteiger partial charge in [0.15, 0.2) is 5.82 Å². The van der Waals surface area contributed by atoms with Gasteiger partial charge in [-0.1, -0.05) is 5.16 Å². The molecule has 8 heteroatoms. The zero-order chi connectivity index (χ0) is 18.5. The predicted octanol–water partition coefficient (Wildman–Crippen LogP) is 1.04. The number of piperidine rings is 2. The van der Waals surface area contributed by atoms with Gasteiger partial charge in [0, 0.05) is 39.7 Å². The third kappa shape index (κ3) is 4.60. The van der Waals surface area contributed by atoms with E-state index in [1.807, 2.05) is 11.8 Å². The average molecular weight is 364 g/mol. The van der Waals surface area contributed by atoms with Gasteiger partial charge in [0.1, 0.15) is 6.61 Å². The van der Waals surface area contributed by atoms with E-state index in [1.165, 1.54) is 7.11 Å². The number of hydrogen-bond donors (Lipinski definition) is 0. The zero-order valence-corrected chi connectivity index (χ0v) is 15.6. The first-order valence-corrected chi connectivity index (χ1v) is 9.41. The number of carbonyl (C=O) groups is 2. The monoisotopic (exact) mass is 364 g/mol. The molecule has 1 atom stereocenters. The molecule has 0 spiro atoms. The van der Waals surface area contributed by atoms with Crippen LogP contribution in [0.5, 0.6) is 0 Å². The van der Waals surface area contributed by atoms with Gasteiger partial charge in [-0.3, -0.25) is 9.59 Å². The highest BCUT2D eigenvalue weighted by atomic mass is 16.5. The van der Waals surface area contributed by atoms with Gasteiger partial charge in [-0.15, -0.1) is 0 Å². The van der Waals surface area contributed by atoms with Crippen LogP contribution in [0, 0.1) is 18.8 Å². The lowest BCUT2D eigenvalue weighted by molar-refractivity contribution is -0.143. The quantitative estimate of drug-likeness (QED) is 0.776. The fraction of sp³-hybridized carbons (Fsp3) is 0.778. The van der Waals surface area contributed by atoms with Crippen LogP contribution in [0.4, 0.5) is 0 Å². The van der Waals surface area contributed by atoms with Gasteiger partial charge in [0.2, 0.25) is 17.7 Å². The van der Waals surface area contributed by atoms with Crippen molar-refractivity contribution in [3.63, 3.8) is 0 Å². The molecule has 8 nitrogen and oxygen atoms in total. The van der Waals surface area contributed by atoms with Gasteiger partial charge < -0.3 is 19.1 Å². The minimum Gasteiger partial charge on any atom is -0.375 e. The molecule has 0 radical (unpaired) electrons. The second-order valence-corrected chi connectivity index (χ2v) is 7.32. The number of aryl methyl sites for hydroxylation is 1. The number of methoxy groups -OCH3 is 1. The van der Waals surface area contributed by atoms with Gasteiger partial charge in [0.25, 0.3) is 0 Å². The van der Waals surface area contributed by atoms with E-state index in [9.17, 15) is 9.59 Å². The molecule has 2 fully saturated rings. The van der Waals surface area contributed by atoms with Crippen molar-refractivity contribution in [2.45, 2.75) is 39.0 Å². The maximum Gasteiger partial charge on any atom is 0.248 e. The molecule has 26 heavy (non-hydrogen) atoms. The molecule has 0 N–H and O–H groups in total. The van der Waals surface area contributed by atoms with Gasteiger partial charge in [-0.2, -0.15) is 4.98 Å². The Kier molecular flexibility index (Phi) is 6.24. The van der Waals surface area contributed by atoms with Crippen LogP contribution < -0.4 is 0 Å². The molecule has 1 aromatic rings. The molecule has 2 saturated heterocycles. The summed E-state index contributed by atoms with van der Waals surface area (Å²) in [5.41, 5.74) is 0. The van der Waals surface area contributed by atoms with Crippen LogP contribution >= 0.6 is 0 Å². The largest absolute Gasteiger partial charge is 0.375 e. The number of aromatic nitrogens is 2. The molecule has 0 bridgehead atoms. The normalized spacial score (nSPS) is 21.8. The molecule has 0 aromatic carbocycles. The van der Waals surface area contributed by atoms with E-state index in [0.717, 1.165) is 51.7 Å². The number of carbonyl (C=O) groups excluding carboxylic acids is 2. The summed E-state index contributed by atoms with van der Waals surface area (Å²) >= 11 is 0. The lowest BCUT2D eigenvalue weighted by Crippen LogP contribution is -2.49. The molecule has 0 saturated carbocycles. The minimum absolute atomic E-state index is 0.0291. The molecule has 2 aliphatic heterocycles. The van der Waals surface area contributed by atoms with Crippen molar-refractivity contribution in [3.05, 3.63) is 11.7 Å². The summed E-state index contributed by atoms with van der Waals surface area (Å²) in [4.78, 5) is 32.9. The summed E-state index contributed by atoms with van der Waals surface area (Å²) < 4.78 is 10.1. The number of hydrogen-bond acceptors (Lipinski definition) is 6. The summed E-state index contributed by atoms with van der Waals surface area (Å²) in [7, 11) is 1.52. The molecule has 2 amide bonds. The number of rotatable bonds is 5. The number of nitrogens with zero attached hydrogens (tertiary/aromatic N) is 4. The first-order chi connectivity index (χ1) is 12.6. The van der Waals surface area contributed by atoms with Crippen LogP contribution in [0.2, 0.25) is 0 Å². The van der Waals surface area contributed by atoms with E-state index in [-0.39, 0.29) is 24.3 Å². The van der Waals surface area contributed by atoms with Gasteiger partial charge in [0.05, 0.1) is 5.92 Å². The zero-order valence-electron chi connectivity index (χ0n) is 15.6. The smallest absolute Gasteiger partial charge is 0.248 e. The van der Waals surface area contributed by atoms with Gasteiger partial charge in [-0.25, -0.2) is 0 Å². The molecular formula is C18H28N4O4. The molecule has 0 unspecified atom stereocenters. The fourth-order valence-electron chi connectivity index (χ4n) is 3.91. The Morgan fingerprint density at radius 1 is 1.19 bits per heavy atom. The number of likely N-dealkylation sites (tertiary alicyclic amines) is 2. The highest BCUT2D eigenvalue weighted by Gasteiger charge is 2.33.